The number of rotatable bonds is 15. The lowest BCUT2D eigenvalue weighted by molar-refractivity contribution is -0.163. The van der Waals surface area contributed by atoms with Gasteiger partial charge >= 0.3 is 5.97 Å². The van der Waals surface area contributed by atoms with Crippen molar-refractivity contribution < 1.29 is 29.0 Å². The van der Waals surface area contributed by atoms with Crippen molar-refractivity contribution in [1.82, 2.24) is 9.80 Å². The van der Waals surface area contributed by atoms with E-state index in [-0.39, 0.29) is 25.0 Å². The molecule has 202 valence electrons. The van der Waals surface area contributed by atoms with E-state index < -0.39 is 41.1 Å². The standard InChI is InChI=1S/C28H44N2O6/c1-6-10-12-13-18-35-26(34)22-21-24(32)30(20(5)19-31)23(25(33)29(16-8-3)17-11-7-2)28(21)15-14-27(22,9-4)36-28/h6,8,20-23,31H,1,3,7,9-19H2,2,4-5H3/t20-,21+,22-,23?,27+,28?/m1/s1. The third kappa shape index (κ3) is 4.74. The number of allylic oxidation sites excluding steroid dienone is 1. The molecule has 3 aliphatic heterocycles. The second kappa shape index (κ2) is 11.9. The van der Waals surface area contributed by atoms with Gasteiger partial charge in [-0.1, -0.05) is 32.4 Å². The second-order valence-electron chi connectivity index (χ2n) is 10.5. The number of nitrogens with zero attached hydrogens (tertiary/aromatic N) is 2. The molecule has 2 bridgehead atoms. The zero-order valence-electron chi connectivity index (χ0n) is 22.2. The van der Waals surface area contributed by atoms with Gasteiger partial charge in [0, 0.05) is 13.1 Å². The van der Waals surface area contributed by atoms with Crippen molar-refractivity contribution in [2.24, 2.45) is 11.8 Å². The number of likely N-dealkylation sites (tertiary alicyclic amines) is 1. The van der Waals surface area contributed by atoms with E-state index in [0.29, 0.717) is 32.4 Å². The molecule has 2 unspecified atom stereocenters. The molecule has 3 aliphatic rings. The van der Waals surface area contributed by atoms with Crippen LogP contribution < -0.4 is 0 Å². The number of hydrogen-bond acceptors (Lipinski definition) is 6. The van der Waals surface area contributed by atoms with Gasteiger partial charge in [0.1, 0.15) is 17.6 Å². The van der Waals surface area contributed by atoms with Crippen LogP contribution >= 0.6 is 0 Å². The predicted octanol–water partition coefficient (Wildman–Crippen LogP) is 3.24. The Morgan fingerprint density at radius 1 is 1.25 bits per heavy atom. The van der Waals surface area contributed by atoms with E-state index >= 15 is 0 Å². The monoisotopic (exact) mass is 504 g/mol. The topological polar surface area (TPSA) is 96.4 Å². The van der Waals surface area contributed by atoms with Gasteiger partial charge in [0.15, 0.2) is 0 Å². The first kappa shape index (κ1) is 28.4. The molecule has 0 aromatic rings. The van der Waals surface area contributed by atoms with Gasteiger partial charge in [0.25, 0.3) is 0 Å². The van der Waals surface area contributed by atoms with Crippen LogP contribution in [0.2, 0.25) is 0 Å². The molecule has 0 saturated carbocycles. The zero-order chi connectivity index (χ0) is 26.5. The van der Waals surface area contributed by atoms with Gasteiger partial charge in [-0.2, -0.15) is 0 Å². The summed E-state index contributed by atoms with van der Waals surface area (Å²) in [5, 5.41) is 10.0. The van der Waals surface area contributed by atoms with Crippen molar-refractivity contribution in [2.45, 2.75) is 95.4 Å². The van der Waals surface area contributed by atoms with E-state index in [9.17, 15) is 19.5 Å². The minimum atomic E-state index is -1.11. The molecule has 2 amide bonds. The summed E-state index contributed by atoms with van der Waals surface area (Å²) < 4.78 is 12.4. The van der Waals surface area contributed by atoms with Gasteiger partial charge < -0.3 is 24.4 Å². The summed E-state index contributed by atoms with van der Waals surface area (Å²) in [5.41, 5.74) is -1.93. The Bertz CT molecular complexity index is 846. The number of carbonyl (C=O) groups is 3. The number of unbranched alkanes of at least 4 members (excludes halogenated alkanes) is 3. The SMILES string of the molecule is C=CCCCCOC(=O)[C@H]1[C@H]2C(=O)N([C@H](C)CO)C(C(=O)N(CC=C)CCCC)C23CC[C@]1(CC)O3. The number of fused-ring (bicyclic) bond motifs is 1. The normalized spacial score (nSPS) is 31.3. The van der Waals surface area contributed by atoms with E-state index in [2.05, 4.69) is 20.1 Å². The number of aliphatic hydroxyl groups is 1. The molecule has 0 aromatic carbocycles. The Hall–Kier alpha value is -2.19. The molecule has 36 heavy (non-hydrogen) atoms. The van der Waals surface area contributed by atoms with Crippen LogP contribution in [0.3, 0.4) is 0 Å². The van der Waals surface area contributed by atoms with Gasteiger partial charge in [-0.25, -0.2) is 0 Å². The summed E-state index contributed by atoms with van der Waals surface area (Å²) in [6, 6.07) is -1.48. The Morgan fingerprint density at radius 2 is 2.00 bits per heavy atom. The van der Waals surface area contributed by atoms with E-state index in [1.807, 2.05) is 13.0 Å². The largest absolute Gasteiger partial charge is 0.465 e. The summed E-state index contributed by atoms with van der Waals surface area (Å²) in [6.45, 7) is 14.2. The molecular weight excluding hydrogens is 460 g/mol. The number of hydrogen-bond donors (Lipinski definition) is 1. The number of aliphatic hydroxyl groups excluding tert-OH is 1. The number of ether oxygens (including phenoxy) is 2. The first-order valence-corrected chi connectivity index (χ1v) is 13.6. The highest BCUT2D eigenvalue weighted by Gasteiger charge is 2.79. The smallest absolute Gasteiger partial charge is 0.312 e. The molecule has 0 aromatic heterocycles. The molecule has 3 rings (SSSR count). The lowest BCUT2D eigenvalue weighted by atomic mass is 9.65. The fraction of sp³-hybridized carbons (Fsp3) is 0.750. The van der Waals surface area contributed by atoms with E-state index in [1.165, 1.54) is 4.90 Å². The Labute approximate surface area is 215 Å². The average Bonchev–Trinajstić information content (AvgIpc) is 3.49. The minimum Gasteiger partial charge on any atom is -0.465 e. The van der Waals surface area contributed by atoms with Crippen LogP contribution in [0.4, 0.5) is 0 Å². The van der Waals surface area contributed by atoms with Crippen LogP contribution in [0.15, 0.2) is 25.3 Å². The van der Waals surface area contributed by atoms with Crippen LogP contribution in [0.25, 0.3) is 0 Å². The lowest BCUT2D eigenvalue weighted by Gasteiger charge is -2.38. The first-order chi connectivity index (χ1) is 17.3. The molecule has 8 heteroatoms. The molecule has 1 spiro atoms. The van der Waals surface area contributed by atoms with Gasteiger partial charge in [-0.3, -0.25) is 14.4 Å². The molecule has 8 nitrogen and oxygen atoms in total. The van der Waals surface area contributed by atoms with Crippen molar-refractivity contribution in [3.63, 3.8) is 0 Å². The highest BCUT2D eigenvalue weighted by Crippen LogP contribution is 2.64. The zero-order valence-corrected chi connectivity index (χ0v) is 22.2. The highest BCUT2D eigenvalue weighted by molar-refractivity contribution is 5.98. The predicted molar refractivity (Wildman–Crippen MR) is 137 cm³/mol. The van der Waals surface area contributed by atoms with Crippen LogP contribution in [0.1, 0.15) is 72.1 Å². The maximum absolute atomic E-state index is 14.1. The quantitative estimate of drug-likeness (QED) is 0.209. The van der Waals surface area contributed by atoms with E-state index in [4.69, 9.17) is 9.47 Å². The van der Waals surface area contributed by atoms with Crippen LogP contribution in [0, 0.1) is 11.8 Å². The molecular formula is C28H44N2O6. The van der Waals surface area contributed by atoms with Crippen LogP contribution in [-0.2, 0) is 23.9 Å². The van der Waals surface area contributed by atoms with E-state index in [0.717, 1.165) is 32.1 Å². The molecule has 3 heterocycles. The Kier molecular flexibility index (Phi) is 9.39. The van der Waals surface area contributed by atoms with Crippen LogP contribution in [-0.4, -0.2) is 82.3 Å². The summed E-state index contributed by atoms with van der Waals surface area (Å²) >= 11 is 0. The Morgan fingerprint density at radius 3 is 2.61 bits per heavy atom. The number of carbonyl (C=O) groups excluding carboxylic acids is 3. The molecule has 3 fully saturated rings. The molecule has 0 radical (unpaired) electrons. The molecule has 1 N–H and O–H groups in total. The average molecular weight is 505 g/mol. The summed E-state index contributed by atoms with van der Waals surface area (Å²) in [7, 11) is 0. The maximum atomic E-state index is 14.1. The molecule has 6 atom stereocenters. The highest BCUT2D eigenvalue weighted by atomic mass is 16.6. The number of esters is 1. The van der Waals surface area contributed by atoms with Crippen molar-refractivity contribution in [1.29, 1.82) is 0 Å². The van der Waals surface area contributed by atoms with Crippen molar-refractivity contribution >= 4 is 17.8 Å². The van der Waals surface area contributed by atoms with Crippen molar-refractivity contribution in [2.75, 3.05) is 26.3 Å². The van der Waals surface area contributed by atoms with Gasteiger partial charge in [-0.05, 0) is 51.9 Å². The second-order valence-corrected chi connectivity index (χ2v) is 10.5. The van der Waals surface area contributed by atoms with Gasteiger partial charge in [-0.15, -0.1) is 13.2 Å². The van der Waals surface area contributed by atoms with Crippen molar-refractivity contribution in [3.05, 3.63) is 25.3 Å². The first-order valence-electron chi connectivity index (χ1n) is 13.6. The van der Waals surface area contributed by atoms with Gasteiger partial charge in [0.2, 0.25) is 11.8 Å². The molecule has 0 aliphatic carbocycles. The van der Waals surface area contributed by atoms with Crippen molar-refractivity contribution in [3.8, 4) is 0 Å². The lowest BCUT2D eigenvalue weighted by Crippen LogP contribution is -2.58. The fourth-order valence-electron chi connectivity index (χ4n) is 6.48. The Balaban J connectivity index is 1.98. The summed E-state index contributed by atoms with van der Waals surface area (Å²) in [5.74, 6) is -2.49. The minimum absolute atomic E-state index is 0.204. The van der Waals surface area contributed by atoms with Crippen LogP contribution in [0.5, 0.6) is 0 Å². The summed E-state index contributed by atoms with van der Waals surface area (Å²) in [4.78, 5) is 44.8. The summed E-state index contributed by atoms with van der Waals surface area (Å²) in [6.07, 6.45) is 9.37. The van der Waals surface area contributed by atoms with E-state index in [1.54, 1.807) is 17.9 Å². The molecule has 3 saturated heterocycles. The fourth-order valence-corrected chi connectivity index (χ4v) is 6.48. The number of amides is 2. The van der Waals surface area contributed by atoms with Gasteiger partial charge in [0.05, 0.1) is 30.8 Å². The third-order valence-corrected chi connectivity index (χ3v) is 8.34. The maximum Gasteiger partial charge on any atom is 0.312 e. The third-order valence-electron chi connectivity index (χ3n) is 8.34.